The molecule has 1 fully saturated rings. The van der Waals surface area contributed by atoms with E-state index in [4.69, 9.17) is 15.0 Å². The van der Waals surface area contributed by atoms with E-state index >= 15 is 0 Å². The predicted molar refractivity (Wildman–Crippen MR) is 41.0 cm³/mol. The maximum Gasteiger partial charge on any atom is 0.160 e. The molecular weight excluding hydrogens is 144 g/mol. The van der Waals surface area contributed by atoms with Crippen LogP contribution in [-0.4, -0.2) is 24.3 Å². The smallest absolute Gasteiger partial charge is 0.160 e. The Balaban J connectivity index is 2.42. The van der Waals surface area contributed by atoms with E-state index in [0.29, 0.717) is 13.0 Å². The van der Waals surface area contributed by atoms with E-state index < -0.39 is 25.8 Å². The van der Waals surface area contributed by atoms with Crippen LogP contribution in [0.4, 0.5) is 0 Å². The van der Waals surface area contributed by atoms with E-state index in [1.54, 1.807) is 0 Å². The van der Waals surface area contributed by atoms with Crippen LogP contribution < -0.4 is 0 Å². The van der Waals surface area contributed by atoms with Crippen LogP contribution in [0.3, 0.4) is 0 Å². The first-order chi connectivity index (χ1) is 6.94. The van der Waals surface area contributed by atoms with Crippen molar-refractivity contribution < 1.29 is 20.1 Å². The minimum atomic E-state index is -2.40. The minimum Gasteiger partial charge on any atom is -0.368 e. The van der Waals surface area contributed by atoms with Crippen LogP contribution in [0.1, 0.15) is 38.0 Å². The molecule has 1 aliphatic heterocycles. The zero-order valence-electron chi connectivity index (χ0n) is 10.3. The molecule has 0 bridgehead atoms. The molecular formula is C8H16O3. The fourth-order valence-corrected chi connectivity index (χ4v) is 1.00. The second-order valence-corrected chi connectivity index (χ2v) is 2.45. The number of aliphatic hydroxyl groups is 1. The third kappa shape index (κ3) is 3.18. The Kier molecular flexibility index (Phi) is 2.05. The topological polar surface area (TPSA) is 38.7 Å². The zero-order valence-corrected chi connectivity index (χ0v) is 6.32. The lowest BCUT2D eigenvalue weighted by molar-refractivity contribution is -0.240. The van der Waals surface area contributed by atoms with Gasteiger partial charge < -0.3 is 14.6 Å². The molecule has 0 aliphatic carbocycles. The monoisotopic (exact) mass is 164 g/mol. The van der Waals surface area contributed by atoms with Crippen LogP contribution >= 0.6 is 0 Å². The Labute approximate surface area is 72.9 Å². The first-order valence-electron chi connectivity index (χ1n) is 5.89. The highest BCUT2D eigenvalue weighted by atomic mass is 16.7. The Morgan fingerprint density at radius 3 is 3.45 bits per heavy atom. The summed E-state index contributed by atoms with van der Waals surface area (Å²) in [5.41, 5.74) is 0. The van der Waals surface area contributed by atoms with Crippen LogP contribution in [0.5, 0.6) is 0 Å². The van der Waals surface area contributed by atoms with Gasteiger partial charge in [-0.15, -0.1) is 0 Å². The van der Waals surface area contributed by atoms with Gasteiger partial charge in [-0.3, -0.25) is 0 Å². The average Bonchev–Trinajstić information content (AvgIpc) is 2.18. The van der Waals surface area contributed by atoms with E-state index in [1.807, 2.05) is 0 Å². The van der Waals surface area contributed by atoms with Crippen molar-refractivity contribution in [1.29, 1.82) is 0 Å². The maximum atomic E-state index is 9.38. The lowest BCUT2D eigenvalue weighted by Gasteiger charge is -2.24. The zero-order chi connectivity index (χ0) is 11.5. The second kappa shape index (κ2) is 4.70. The lowest BCUT2D eigenvalue weighted by Crippen LogP contribution is -2.27. The highest BCUT2D eigenvalue weighted by molar-refractivity contribution is 4.54. The van der Waals surface area contributed by atoms with Gasteiger partial charge >= 0.3 is 0 Å². The molecule has 1 N–H and O–H groups in total. The normalized spacial score (nSPS) is 35.3. The molecule has 3 nitrogen and oxygen atoms in total. The second-order valence-electron chi connectivity index (χ2n) is 2.45. The first kappa shape index (κ1) is 4.80. The van der Waals surface area contributed by atoms with Crippen LogP contribution in [0.15, 0.2) is 0 Å². The molecule has 2 atom stereocenters. The molecule has 3 heteroatoms. The van der Waals surface area contributed by atoms with Crippen molar-refractivity contribution in [1.82, 2.24) is 0 Å². The molecule has 0 spiro atoms. The van der Waals surface area contributed by atoms with Gasteiger partial charge in [-0.2, -0.15) is 0 Å². The summed E-state index contributed by atoms with van der Waals surface area (Å²) in [5.74, 6) is 0. The Hall–Kier alpha value is -0.120. The Morgan fingerprint density at radius 1 is 1.91 bits per heavy atom. The van der Waals surface area contributed by atoms with Crippen LogP contribution in [0.2, 0.25) is 0 Å². The van der Waals surface area contributed by atoms with Gasteiger partial charge in [0.1, 0.15) is 0 Å². The van der Waals surface area contributed by atoms with Gasteiger partial charge in [0.2, 0.25) is 0 Å². The van der Waals surface area contributed by atoms with Crippen molar-refractivity contribution in [3.05, 3.63) is 0 Å². The first-order valence-corrected chi connectivity index (χ1v) is 3.74. The minimum absolute atomic E-state index is 0.533. The molecule has 0 aromatic rings. The third-order valence-corrected chi connectivity index (χ3v) is 1.56. The summed E-state index contributed by atoms with van der Waals surface area (Å²) >= 11 is 0. The van der Waals surface area contributed by atoms with Crippen LogP contribution in [0.25, 0.3) is 0 Å². The average molecular weight is 164 g/mol. The van der Waals surface area contributed by atoms with Gasteiger partial charge in [-0.05, 0) is 25.6 Å². The molecule has 1 aliphatic rings. The Bertz CT molecular complexity index is 194. The summed E-state index contributed by atoms with van der Waals surface area (Å²) in [5, 5.41) is 9.38. The van der Waals surface area contributed by atoms with Gasteiger partial charge in [-0.1, -0.05) is 6.88 Å². The number of hydrogen-bond acceptors (Lipinski definition) is 3. The van der Waals surface area contributed by atoms with Gasteiger partial charge in [-0.25, -0.2) is 0 Å². The van der Waals surface area contributed by atoms with Crippen molar-refractivity contribution in [2.45, 2.75) is 45.1 Å². The molecule has 66 valence electrons. The standard InChI is InChI=1S/C8H16O3/c1-2-7(9)11-8-5-3-4-6-10-8/h7-9H,2-6H2,1H3/i1D2,2D2. The van der Waals surface area contributed by atoms with E-state index in [-0.39, 0.29) is 0 Å². The fraction of sp³-hybridized carbons (Fsp3) is 1.00. The molecule has 1 saturated heterocycles. The largest absolute Gasteiger partial charge is 0.368 e. The van der Waals surface area contributed by atoms with Crippen molar-refractivity contribution in [2.24, 2.45) is 0 Å². The Morgan fingerprint density at radius 2 is 2.82 bits per heavy atom. The van der Waals surface area contributed by atoms with E-state index in [9.17, 15) is 5.11 Å². The lowest BCUT2D eigenvalue weighted by atomic mass is 10.2. The summed E-state index contributed by atoms with van der Waals surface area (Å²) < 4.78 is 38.5. The van der Waals surface area contributed by atoms with Gasteiger partial charge in [0, 0.05) is 12.1 Å². The summed E-state index contributed by atoms with van der Waals surface area (Å²) in [6.45, 7) is -1.26. The molecule has 0 radical (unpaired) electrons. The molecule has 2 unspecified atom stereocenters. The quantitative estimate of drug-likeness (QED) is 0.638. The molecule has 0 aromatic carbocycles. The highest BCUT2D eigenvalue weighted by Gasteiger charge is 2.16. The van der Waals surface area contributed by atoms with Crippen molar-refractivity contribution >= 4 is 0 Å². The molecule has 1 rings (SSSR count). The highest BCUT2D eigenvalue weighted by Crippen LogP contribution is 2.15. The fourth-order valence-electron chi connectivity index (χ4n) is 1.00. The summed E-state index contributed by atoms with van der Waals surface area (Å²) in [6.07, 6.45) is -2.37. The van der Waals surface area contributed by atoms with E-state index in [1.165, 1.54) is 0 Å². The predicted octanol–water partition coefficient (Wildman–Crippen LogP) is 1.26. The molecule has 0 amide bonds. The maximum absolute atomic E-state index is 9.38. The summed E-state index contributed by atoms with van der Waals surface area (Å²) in [7, 11) is 0. The van der Waals surface area contributed by atoms with Gasteiger partial charge in [0.25, 0.3) is 0 Å². The van der Waals surface area contributed by atoms with Crippen molar-refractivity contribution in [2.75, 3.05) is 6.61 Å². The number of rotatable bonds is 3. The third-order valence-electron chi connectivity index (χ3n) is 1.56. The molecule has 11 heavy (non-hydrogen) atoms. The van der Waals surface area contributed by atoms with Crippen LogP contribution in [0, 0.1) is 0 Å². The van der Waals surface area contributed by atoms with Crippen molar-refractivity contribution in [3.63, 3.8) is 0 Å². The number of ether oxygens (including phenoxy) is 2. The SMILES string of the molecule is [2H]C([2H])C([2H])([2H])C(O)OC1CCCCO1. The summed E-state index contributed by atoms with van der Waals surface area (Å²) in [6, 6.07) is 0. The van der Waals surface area contributed by atoms with Crippen molar-refractivity contribution in [3.8, 4) is 0 Å². The molecule has 0 aromatic heterocycles. The van der Waals surface area contributed by atoms with E-state index in [2.05, 4.69) is 0 Å². The van der Waals surface area contributed by atoms with E-state index in [0.717, 1.165) is 12.8 Å². The summed E-state index contributed by atoms with van der Waals surface area (Å²) in [4.78, 5) is 0. The number of aliphatic hydroxyl groups excluding tert-OH is 1. The van der Waals surface area contributed by atoms with Gasteiger partial charge in [0.15, 0.2) is 12.6 Å². The molecule has 0 saturated carbocycles. The number of hydrogen-bond donors (Lipinski definition) is 1. The molecule has 1 heterocycles. The van der Waals surface area contributed by atoms with Gasteiger partial charge in [0.05, 0.1) is 0 Å². The van der Waals surface area contributed by atoms with Crippen LogP contribution in [-0.2, 0) is 9.47 Å².